The van der Waals surface area contributed by atoms with Crippen molar-refractivity contribution in [2.45, 2.75) is 33.2 Å². The third-order valence-electron chi connectivity index (χ3n) is 4.76. The van der Waals surface area contributed by atoms with Crippen LogP contribution in [0.25, 0.3) is 0 Å². The highest BCUT2D eigenvalue weighted by atomic mass is 79.9. The highest BCUT2D eigenvalue weighted by Gasteiger charge is 2.24. The number of carbonyl (C=O) groups is 2. The van der Waals surface area contributed by atoms with Gasteiger partial charge in [0.25, 0.3) is 0 Å². The van der Waals surface area contributed by atoms with Crippen LogP contribution in [0.5, 0.6) is 5.75 Å². The van der Waals surface area contributed by atoms with Gasteiger partial charge in [0.1, 0.15) is 5.75 Å². The molecule has 3 amide bonds. The van der Waals surface area contributed by atoms with Gasteiger partial charge in [0, 0.05) is 36.7 Å². The van der Waals surface area contributed by atoms with Crippen LogP contribution in [-0.2, 0) is 4.79 Å². The van der Waals surface area contributed by atoms with Gasteiger partial charge in [-0.1, -0.05) is 22.9 Å². The molecular weight excluding hydrogens is 412 g/mol. The van der Waals surface area contributed by atoms with Crippen LogP contribution in [0.4, 0.5) is 10.5 Å². The minimum Gasteiger partial charge on any atom is -0.495 e. The second-order valence-electron chi connectivity index (χ2n) is 6.87. The highest BCUT2D eigenvalue weighted by Crippen LogP contribution is 2.32. The quantitative estimate of drug-likeness (QED) is 0.712. The maximum absolute atomic E-state index is 12.6. The van der Waals surface area contributed by atoms with Crippen LogP contribution in [0.1, 0.15) is 25.8 Å². The molecule has 1 atom stereocenters. The van der Waals surface area contributed by atoms with Crippen molar-refractivity contribution in [3.05, 3.63) is 22.2 Å². The van der Waals surface area contributed by atoms with Gasteiger partial charge in [-0.05, 0) is 38.0 Å². The van der Waals surface area contributed by atoms with Gasteiger partial charge >= 0.3 is 6.03 Å². The fourth-order valence-electron chi connectivity index (χ4n) is 2.95. The van der Waals surface area contributed by atoms with Crippen LogP contribution in [-0.4, -0.2) is 67.6 Å². The smallest absolute Gasteiger partial charge is 0.322 e. The lowest BCUT2D eigenvalue weighted by molar-refractivity contribution is -0.123. The largest absolute Gasteiger partial charge is 0.495 e. The Balaban J connectivity index is 1.88. The summed E-state index contributed by atoms with van der Waals surface area (Å²) in [4.78, 5) is 28.5. The number of piperazine rings is 1. The number of hydrogen-bond acceptors (Lipinski definition) is 4. The molecule has 2 rings (SSSR count). The molecule has 1 saturated heterocycles. The Kier molecular flexibility index (Phi) is 7.91. The number of halogens is 1. The summed E-state index contributed by atoms with van der Waals surface area (Å²) >= 11 is 3.43. The van der Waals surface area contributed by atoms with Crippen molar-refractivity contribution >= 4 is 33.6 Å². The topological polar surface area (TPSA) is 73.9 Å². The van der Waals surface area contributed by atoms with Crippen LogP contribution in [0, 0.1) is 6.92 Å². The van der Waals surface area contributed by atoms with Gasteiger partial charge in [-0.3, -0.25) is 9.69 Å². The molecule has 1 heterocycles. The molecule has 27 heavy (non-hydrogen) atoms. The van der Waals surface area contributed by atoms with E-state index in [1.807, 2.05) is 32.9 Å². The van der Waals surface area contributed by atoms with Crippen molar-refractivity contribution in [2.75, 3.05) is 45.2 Å². The lowest BCUT2D eigenvalue weighted by Gasteiger charge is -2.34. The van der Waals surface area contributed by atoms with E-state index in [2.05, 4.69) is 31.5 Å². The summed E-state index contributed by atoms with van der Waals surface area (Å²) in [5.41, 5.74) is 1.61. The summed E-state index contributed by atoms with van der Waals surface area (Å²) < 4.78 is 6.28. The van der Waals surface area contributed by atoms with Crippen molar-refractivity contribution in [3.8, 4) is 5.75 Å². The number of nitrogens with one attached hydrogen (secondary N) is 2. The molecule has 7 nitrogen and oxygen atoms in total. The van der Waals surface area contributed by atoms with Crippen molar-refractivity contribution in [1.29, 1.82) is 0 Å². The molecule has 150 valence electrons. The maximum Gasteiger partial charge on any atom is 0.322 e. The summed E-state index contributed by atoms with van der Waals surface area (Å²) in [5, 5.41) is 5.94. The minimum atomic E-state index is -0.151. The first-order chi connectivity index (χ1) is 12.8. The zero-order valence-corrected chi connectivity index (χ0v) is 18.1. The molecule has 0 aromatic heterocycles. The molecule has 1 fully saturated rings. The van der Waals surface area contributed by atoms with Crippen LogP contribution >= 0.6 is 15.9 Å². The normalized spacial score (nSPS) is 16.0. The van der Waals surface area contributed by atoms with Crippen molar-refractivity contribution < 1.29 is 14.3 Å². The highest BCUT2D eigenvalue weighted by molar-refractivity contribution is 9.10. The first-order valence-electron chi connectivity index (χ1n) is 9.25. The lowest BCUT2D eigenvalue weighted by atomic mass is 10.2. The fraction of sp³-hybridized carbons (Fsp3) is 0.579. The van der Waals surface area contributed by atoms with Gasteiger partial charge in [0.2, 0.25) is 5.91 Å². The van der Waals surface area contributed by atoms with Crippen LogP contribution < -0.4 is 15.4 Å². The fourth-order valence-corrected chi connectivity index (χ4v) is 3.51. The van der Waals surface area contributed by atoms with E-state index in [0.29, 0.717) is 44.2 Å². The average Bonchev–Trinajstić information content (AvgIpc) is 2.63. The number of benzene rings is 1. The Hall–Kier alpha value is -1.80. The van der Waals surface area contributed by atoms with Crippen LogP contribution in [0.2, 0.25) is 0 Å². The zero-order chi connectivity index (χ0) is 20.0. The maximum atomic E-state index is 12.6. The first kappa shape index (κ1) is 21.5. The van der Waals surface area contributed by atoms with Crippen molar-refractivity contribution in [2.24, 2.45) is 0 Å². The Morgan fingerprint density at radius 2 is 1.93 bits per heavy atom. The summed E-state index contributed by atoms with van der Waals surface area (Å²) in [6.45, 7) is 8.87. The van der Waals surface area contributed by atoms with E-state index in [1.54, 1.807) is 12.0 Å². The van der Waals surface area contributed by atoms with E-state index in [1.165, 1.54) is 0 Å². The number of anilines is 1. The molecule has 0 aliphatic carbocycles. The van der Waals surface area contributed by atoms with E-state index in [4.69, 9.17) is 4.74 Å². The lowest BCUT2D eigenvalue weighted by Crippen LogP contribution is -2.52. The number of nitrogens with zero attached hydrogens (tertiary/aromatic N) is 2. The second kappa shape index (κ2) is 9.94. The first-order valence-corrected chi connectivity index (χ1v) is 10.0. The zero-order valence-electron chi connectivity index (χ0n) is 16.5. The molecule has 1 aliphatic rings. The Bertz CT molecular complexity index is 675. The summed E-state index contributed by atoms with van der Waals surface area (Å²) in [5.74, 6) is 0.660. The molecular formula is C19H29BrN4O3. The third kappa shape index (κ3) is 6.10. The Morgan fingerprint density at radius 1 is 1.26 bits per heavy atom. The van der Waals surface area contributed by atoms with Crippen molar-refractivity contribution in [1.82, 2.24) is 15.1 Å². The molecule has 0 spiro atoms. The number of carbonyl (C=O) groups excluding carboxylic acids is 2. The number of methoxy groups -OCH3 is 1. The predicted octanol–water partition coefficient (Wildman–Crippen LogP) is 2.83. The van der Waals surface area contributed by atoms with E-state index < -0.39 is 0 Å². The van der Waals surface area contributed by atoms with E-state index in [0.717, 1.165) is 16.5 Å². The molecule has 1 aromatic rings. The minimum absolute atomic E-state index is 0.0393. The molecule has 0 radical (unpaired) electrons. The molecule has 1 unspecified atom stereocenters. The number of rotatable bonds is 6. The predicted molar refractivity (Wildman–Crippen MR) is 110 cm³/mol. The number of amides is 3. The molecule has 8 heteroatoms. The molecule has 0 saturated carbocycles. The van der Waals surface area contributed by atoms with Gasteiger partial charge in [0.15, 0.2) is 0 Å². The molecule has 0 bridgehead atoms. The average molecular weight is 441 g/mol. The van der Waals surface area contributed by atoms with Gasteiger partial charge in [0.05, 0.1) is 19.3 Å². The second-order valence-corrected chi connectivity index (χ2v) is 7.79. The van der Waals surface area contributed by atoms with Crippen LogP contribution in [0.3, 0.4) is 0 Å². The summed E-state index contributed by atoms with van der Waals surface area (Å²) in [7, 11) is 1.58. The van der Waals surface area contributed by atoms with Gasteiger partial charge in [-0.25, -0.2) is 4.79 Å². The molecule has 2 N–H and O–H groups in total. The SMILES string of the molecule is CCC(C)NC(=O)CN1CCN(C(=O)Nc2c(C)cc(Br)cc2OC)CC1. The molecule has 1 aliphatic heterocycles. The van der Waals surface area contributed by atoms with E-state index >= 15 is 0 Å². The Morgan fingerprint density at radius 3 is 2.52 bits per heavy atom. The van der Waals surface area contributed by atoms with Gasteiger partial charge < -0.3 is 20.3 Å². The number of hydrogen-bond donors (Lipinski definition) is 2. The van der Waals surface area contributed by atoms with Gasteiger partial charge in [-0.15, -0.1) is 0 Å². The third-order valence-corrected chi connectivity index (χ3v) is 5.22. The van der Waals surface area contributed by atoms with Crippen LogP contribution in [0.15, 0.2) is 16.6 Å². The van der Waals surface area contributed by atoms with Gasteiger partial charge in [-0.2, -0.15) is 0 Å². The standard InChI is InChI=1S/C19H29BrN4O3/c1-5-14(3)21-17(25)12-23-6-8-24(9-7-23)19(26)22-18-13(2)10-15(20)11-16(18)27-4/h10-11,14H,5-9,12H2,1-4H3,(H,21,25)(H,22,26). The van der Waals surface area contributed by atoms with Crippen molar-refractivity contribution in [3.63, 3.8) is 0 Å². The monoisotopic (exact) mass is 440 g/mol. The number of aryl methyl sites for hydroxylation is 1. The van der Waals surface area contributed by atoms with E-state index in [-0.39, 0.29) is 18.0 Å². The number of urea groups is 1. The Labute approximate surface area is 169 Å². The number of ether oxygens (including phenoxy) is 1. The summed E-state index contributed by atoms with van der Waals surface area (Å²) in [6.07, 6.45) is 0.915. The van der Waals surface area contributed by atoms with E-state index in [9.17, 15) is 9.59 Å². The summed E-state index contributed by atoms with van der Waals surface area (Å²) in [6, 6.07) is 3.80. The molecule has 1 aromatic carbocycles.